The van der Waals surface area contributed by atoms with E-state index in [2.05, 4.69) is 17.1 Å². The van der Waals surface area contributed by atoms with Gasteiger partial charge in [-0.2, -0.15) is 0 Å². The highest BCUT2D eigenvalue weighted by atomic mass is 15.1. The zero-order valence-electron chi connectivity index (χ0n) is 9.18. The zero-order valence-corrected chi connectivity index (χ0v) is 9.18. The summed E-state index contributed by atoms with van der Waals surface area (Å²) in [5.74, 6) is 1.04. The first-order valence-corrected chi connectivity index (χ1v) is 5.73. The Morgan fingerprint density at radius 1 is 1.31 bits per heavy atom. The minimum absolute atomic E-state index is 1.04. The first-order chi connectivity index (χ1) is 6.36. The highest BCUT2D eigenvalue weighted by Gasteiger charge is 2.23. The van der Waals surface area contributed by atoms with Gasteiger partial charge in [0.2, 0.25) is 0 Å². The SMILES string of the molecule is CCCN(CCCNC)CC1CC1. The van der Waals surface area contributed by atoms with Gasteiger partial charge in [0.25, 0.3) is 0 Å². The molecule has 78 valence electrons. The van der Waals surface area contributed by atoms with Gasteiger partial charge in [-0.3, -0.25) is 0 Å². The van der Waals surface area contributed by atoms with E-state index >= 15 is 0 Å². The van der Waals surface area contributed by atoms with Gasteiger partial charge >= 0.3 is 0 Å². The molecular weight excluding hydrogens is 160 g/mol. The third-order valence-electron chi connectivity index (χ3n) is 2.65. The number of nitrogens with one attached hydrogen (secondary N) is 1. The van der Waals surface area contributed by atoms with Crippen LogP contribution in [0.3, 0.4) is 0 Å². The van der Waals surface area contributed by atoms with Gasteiger partial charge in [0.1, 0.15) is 0 Å². The fourth-order valence-corrected chi connectivity index (χ4v) is 1.76. The van der Waals surface area contributed by atoms with Crippen molar-refractivity contribution in [2.45, 2.75) is 32.6 Å². The molecule has 0 aliphatic heterocycles. The fraction of sp³-hybridized carbons (Fsp3) is 1.00. The van der Waals surface area contributed by atoms with Crippen molar-refractivity contribution in [3.8, 4) is 0 Å². The van der Waals surface area contributed by atoms with E-state index in [9.17, 15) is 0 Å². The molecule has 0 aromatic rings. The monoisotopic (exact) mass is 184 g/mol. The van der Waals surface area contributed by atoms with E-state index in [1.807, 2.05) is 7.05 Å². The summed E-state index contributed by atoms with van der Waals surface area (Å²) in [5.41, 5.74) is 0. The lowest BCUT2D eigenvalue weighted by Gasteiger charge is -2.21. The van der Waals surface area contributed by atoms with Crippen LogP contribution in [0.15, 0.2) is 0 Å². The molecule has 2 nitrogen and oxygen atoms in total. The Morgan fingerprint density at radius 2 is 2.08 bits per heavy atom. The van der Waals surface area contributed by atoms with Crippen molar-refractivity contribution in [3.63, 3.8) is 0 Å². The Bertz CT molecular complexity index is 121. The molecule has 1 N–H and O–H groups in total. The first-order valence-electron chi connectivity index (χ1n) is 5.73. The van der Waals surface area contributed by atoms with Crippen molar-refractivity contribution in [2.75, 3.05) is 33.2 Å². The highest BCUT2D eigenvalue weighted by molar-refractivity contribution is 4.77. The number of nitrogens with zero attached hydrogens (tertiary/aromatic N) is 1. The van der Waals surface area contributed by atoms with Crippen LogP contribution in [0.1, 0.15) is 32.6 Å². The van der Waals surface area contributed by atoms with Gasteiger partial charge in [-0.1, -0.05) is 6.92 Å². The summed E-state index contributed by atoms with van der Waals surface area (Å²) in [4.78, 5) is 2.63. The summed E-state index contributed by atoms with van der Waals surface area (Å²) in [6.07, 6.45) is 5.55. The molecule has 0 bridgehead atoms. The molecule has 2 heteroatoms. The standard InChI is InChI=1S/C11H24N2/c1-3-8-13(9-4-7-12-2)10-11-5-6-11/h11-12H,3-10H2,1-2H3. The summed E-state index contributed by atoms with van der Waals surface area (Å²) in [6.45, 7) is 7.37. The van der Waals surface area contributed by atoms with Crippen LogP contribution < -0.4 is 5.32 Å². The Hall–Kier alpha value is -0.0800. The largest absolute Gasteiger partial charge is 0.320 e. The van der Waals surface area contributed by atoms with Gasteiger partial charge in [-0.05, 0) is 58.3 Å². The molecule has 1 rings (SSSR count). The molecule has 1 saturated carbocycles. The molecule has 0 radical (unpaired) electrons. The molecule has 0 spiro atoms. The van der Waals surface area contributed by atoms with Gasteiger partial charge in [-0.25, -0.2) is 0 Å². The minimum atomic E-state index is 1.04. The quantitative estimate of drug-likeness (QED) is 0.578. The molecule has 0 heterocycles. The predicted octanol–water partition coefficient (Wildman–Crippen LogP) is 1.72. The van der Waals surface area contributed by atoms with E-state index in [4.69, 9.17) is 0 Å². The Labute approximate surface area is 82.7 Å². The summed E-state index contributed by atoms with van der Waals surface area (Å²) < 4.78 is 0. The third kappa shape index (κ3) is 5.27. The Morgan fingerprint density at radius 3 is 2.62 bits per heavy atom. The molecule has 1 aliphatic rings. The van der Waals surface area contributed by atoms with Gasteiger partial charge in [0, 0.05) is 6.54 Å². The van der Waals surface area contributed by atoms with E-state index < -0.39 is 0 Å². The summed E-state index contributed by atoms with van der Waals surface area (Å²) in [5, 5.41) is 3.21. The summed E-state index contributed by atoms with van der Waals surface area (Å²) in [6, 6.07) is 0. The second kappa shape index (κ2) is 6.39. The van der Waals surface area contributed by atoms with Crippen LogP contribution in [0, 0.1) is 5.92 Å². The molecule has 13 heavy (non-hydrogen) atoms. The van der Waals surface area contributed by atoms with E-state index in [-0.39, 0.29) is 0 Å². The van der Waals surface area contributed by atoms with Gasteiger partial charge in [0.05, 0.1) is 0 Å². The zero-order chi connectivity index (χ0) is 9.52. The molecule has 1 fully saturated rings. The van der Waals surface area contributed by atoms with Crippen LogP contribution in [-0.2, 0) is 0 Å². The van der Waals surface area contributed by atoms with Crippen LogP contribution in [0.2, 0.25) is 0 Å². The molecule has 0 saturated heterocycles. The number of rotatable bonds is 8. The number of hydrogen-bond acceptors (Lipinski definition) is 2. The first kappa shape index (κ1) is 11.0. The van der Waals surface area contributed by atoms with Crippen LogP contribution >= 0.6 is 0 Å². The molecule has 0 aromatic heterocycles. The van der Waals surface area contributed by atoms with Crippen molar-refractivity contribution in [2.24, 2.45) is 5.92 Å². The van der Waals surface area contributed by atoms with Crippen LogP contribution in [-0.4, -0.2) is 38.1 Å². The van der Waals surface area contributed by atoms with Crippen LogP contribution in [0.5, 0.6) is 0 Å². The van der Waals surface area contributed by atoms with E-state index in [1.165, 1.54) is 45.3 Å². The lowest BCUT2D eigenvalue weighted by Crippen LogP contribution is -2.29. The number of hydrogen-bond donors (Lipinski definition) is 1. The van der Waals surface area contributed by atoms with Crippen molar-refractivity contribution in [1.29, 1.82) is 0 Å². The van der Waals surface area contributed by atoms with Crippen LogP contribution in [0.4, 0.5) is 0 Å². The molecule has 0 atom stereocenters. The maximum absolute atomic E-state index is 3.21. The minimum Gasteiger partial charge on any atom is -0.320 e. The van der Waals surface area contributed by atoms with E-state index in [0.717, 1.165) is 12.5 Å². The lowest BCUT2D eigenvalue weighted by molar-refractivity contribution is 0.260. The van der Waals surface area contributed by atoms with Gasteiger partial charge in [-0.15, -0.1) is 0 Å². The third-order valence-corrected chi connectivity index (χ3v) is 2.65. The lowest BCUT2D eigenvalue weighted by atomic mass is 10.3. The summed E-state index contributed by atoms with van der Waals surface area (Å²) >= 11 is 0. The van der Waals surface area contributed by atoms with E-state index in [1.54, 1.807) is 0 Å². The average molecular weight is 184 g/mol. The Kier molecular flexibility index (Phi) is 5.40. The van der Waals surface area contributed by atoms with Crippen molar-refractivity contribution < 1.29 is 0 Å². The molecule has 1 aliphatic carbocycles. The molecule has 0 aromatic carbocycles. The van der Waals surface area contributed by atoms with Crippen molar-refractivity contribution >= 4 is 0 Å². The normalized spacial score (nSPS) is 16.8. The molecule has 0 unspecified atom stereocenters. The second-order valence-corrected chi connectivity index (χ2v) is 4.20. The predicted molar refractivity (Wildman–Crippen MR) is 58.0 cm³/mol. The maximum Gasteiger partial charge on any atom is 0.000967 e. The van der Waals surface area contributed by atoms with Crippen molar-refractivity contribution in [3.05, 3.63) is 0 Å². The Balaban J connectivity index is 2.04. The van der Waals surface area contributed by atoms with Gasteiger partial charge in [0.15, 0.2) is 0 Å². The van der Waals surface area contributed by atoms with E-state index in [0.29, 0.717) is 0 Å². The van der Waals surface area contributed by atoms with Crippen molar-refractivity contribution in [1.82, 2.24) is 10.2 Å². The van der Waals surface area contributed by atoms with Gasteiger partial charge < -0.3 is 10.2 Å². The molecule has 0 amide bonds. The summed E-state index contributed by atoms with van der Waals surface area (Å²) in [7, 11) is 2.03. The molecular formula is C11H24N2. The highest BCUT2D eigenvalue weighted by Crippen LogP contribution is 2.29. The average Bonchev–Trinajstić information content (AvgIpc) is 2.89. The maximum atomic E-state index is 3.21. The second-order valence-electron chi connectivity index (χ2n) is 4.20. The topological polar surface area (TPSA) is 15.3 Å². The fourth-order valence-electron chi connectivity index (χ4n) is 1.76. The van der Waals surface area contributed by atoms with Crippen LogP contribution in [0.25, 0.3) is 0 Å². The smallest absolute Gasteiger partial charge is 0.000967 e.